The van der Waals surface area contributed by atoms with E-state index in [2.05, 4.69) is 62.4 Å². The molecular weight excluding hydrogens is 362 g/mol. The van der Waals surface area contributed by atoms with Crippen molar-refractivity contribution in [1.29, 1.82) is 0 Å². The van der Waals surface area contributed by atoms with Crippen molar-refractivity contribution in [3.05, 3.63) is 53.6 Å². The van der Waals surface area contributed by atoms with Crippen molar-refractivity contribution in [3.8, 4) is 5.69 Å². The second kappa shape index (κ2) is 7.54. The molecule has 4 rings (SSSR count). The van der Waals surface area contributed by atoms with Crippen molar-refractivity contribution < 1.29 is 0 Å². The second-order valence-electron chi connectivity index (χ2n) is 6.85. The number of nitrogens with one attached hydrogen (secondary N) is 1. The molecule has 3 aromatic rings. The standard InChI is InChI=1S/C19H22ClN7/c1-14-7-16(10-17(8-14)26-5-3-25(2)4-6-26)23-19-22-13-27(24-19)18-9-15(20)11-21-12-18/h7-13H,3-6H2,1-2H3,(H,23,24). The molecule has 8 heteroatoms. The normalized spacial score (nSPS) is 15.1. The minimum absolute atomic E-state index is 0.532. The average Bonchev–Trinajstić information content (AvgIpc) is 3.10. The van der Waals surface area contributed by atoms with E-state index in [-0.39, 0.29) is 0 Å². The van der Waals surface area contributed by atoms with Crippen molar-refractivity contribution in [2.24, 2.45) is 0 Å². The Morgan fingerprint density at radius 2 is 1.81 bits per heavy atom. The quantitative estimate of drug-likeness (QED) is 0.746. The first-order valence-electron chi connectivity index (χ1n) is 8.92. The molecule has 27 heavy (non-hydrogen) atoms. The Balaban J connectivity index is 1.53. The molecule has 0 unspecified atom stereocenters. The third-order valence-corrected chi connectivity index (χ3v) is 4.84. The van der Waals surface area contributed by atoms with Crippen molar-refractivity contribution in [1.82, 2.24) is 24.6 Å². The molecule has 1 fully saturated rings. The highest BCUT2D eigenvalue weighted by molar-refractivity contribution is 6.30. The first-order valence-corrected chi connectivity index (χ1v) is 9.29. The molecule has 140 valence electrons. The third-order valence-electron chi connectivity index (χ3n) is 4.63. The molecule has 1 aromatic carbocycles. The summed E-state index contributed by atoms with van der Waals surface area (Å²) in [6.07, 6.45) is 4.93. The summed E-state index contributed by atoms with van der Waals surface area (Å²) in [7, 11) is 2.16. The molecule has 0 atom stereocenters. The monoisotopic (exact) mass is 383 g/mol. The Bertz CT molecular complexity index is 931. The largest absolute Gasteiger partial charge is 0.369 e. The van der Waals surface area contributed by atoms with Crippen molar-refractivity contribution in [3.63, 3.8) is 0 Å². The van der Waals surface area contributed by atoms with Gasteiger partial charge in [0.05, 0.1) is 16.9 Å². The number of benzene rings is 1. The van der Waals surface area contributed by atoms with E-state index in [1.807, 2.05) is 0 Å². The van der Waals surface area contributed by atoms with Crippen LogP contribution in [0.4, 0.5) is 17.3 Å². The molecule has 0 spiro atoms. The van der Waals surface area contributed by atoms with Crippen LogP contribution in [0.25, 0.3) is 5.69 Å². The fraction of sp³-hybridized carbons (Fsp3) is 0.316. The lowest BCUT2D eigenvalue weighted by Gasteiger charge is -2.34. The van der Waals surface area contributed by atoms with Crippen LogP contribution in [0.15, 0.2) is 43.0 Å². The molecule has 0 aliphatic carbocycles. The smallest absolute Gasteiger partial charge is 0.246 e. The number of hydrogen-bond acceptors (Lipinski definition) is 6. The van der Waals surface area contributed by atoms with Gasteiger partial charge in [-0.05, 0) is 43.8 Å². The zero-order chi connectivity index (χ0) is 18.8. The zero-order valence-electron chi connectivity index (χ0n) is 15.4. The van der Waals surface area contributed by atoms with E-state index in [0.717, 1.165) is 37.6 Å². The van der Waals surface area contributed by atoms with Crippen molar-refractivity contribution in [2.75, 3.05) is 43.4 Å². The van der Waals surface area contributed by atoms with Crippen LogP contribution in [0.1, 0.15) is 5.56 Å². The molecule has 7 nitrogen and oxygen atoms in total. The number of hydrogen-bond donors (Lipinski definition) is 1. The number of rotatable bonds is 4. The summed E-state index contributed by atoms with van der Waals surface area (Å²) in [5.74, 6) is 0.532. The van der Waals surface area contributed by atoms with E-state index in [1.165, 1.54) is 11.3 Å². The SMILES string of the molecule is Cc1cc(Nc2ncn(-c3cncc(Cl)c3)n2)cc(N2CCN(C)CC2)c1. The van der Waals surface area contributed by atoms with E-state index >= 15 is 0 Å². The maximum atomic E-state index is 6.00. The van der Waals surface area contributed by atoms with Crippen LogP contribution in [0.3, 0.4) is 0 Å². The van der Waals surface area contributed by atoms with Crippen LogP contribution in [0.2, 0.25) is 5.02 Å². The van der Waals surface area contributed by atoms with Crippen LogP contribution in [-0.4, -0.2) is 57.9 Å². The van der Waals surface area contributed by atoms with Gasteiger partial charge in [0.25, 0.3) is 0 Å². The highest BCUT2D eigenvalue weighted by atomic mass is 35.5. The van der Waals surface area contributed by atoms with E-state index in [4.69, 9.17) is 11.6 Å². The first-order chi connectivity index (χ1) is 13.1. The lowest BCUT2D eigenvalue weighted by molar-refractivity contribution is 0.313. The summed E-state index contributed by atoms with van der Waals surface area (Å²) in [6, 6.07) is 8.27. The summed E-state index contributed by atoms with van der Waals surface area (Å²) < 4.78 is 1.65. The number of pyridine rings is 1. The molecule has 0 bridgehead atoms. The Labute approximate surface area is 163 Å². The summed E-state index contributed by atoms with van der Waals surface area (Å²) in [6.45, 7) is 6.34. The molecule has 1 aliphatic heterocycles. The first kappa shape index (κ1) is 17.8. The number of nitrogens with zero attached hydrogens (tertiary/aromatic N) is 6. The van der Waals surface area contributed by atoms with E-state index in [0.29, 0.717) is 11.0 Å². The van der Waals surface area contributed by atoms with Gasteiger partial charge in [0.2, 0.25) is 5.95 Å². The number of aromatic nitrogens is 4. The minimum atomic E-state index is 0.532. The Hall–Kier alpha value is -2.64. The summed E-state index contributed by atoms with van der Waals surface area (Å²) in [5, 5.41) is 8.34. The minimum Gasteiger partial charge on any atom is -0.369 e. The van der Waals surface area contributed by atoms with Gasteiger partial charge >= 0.3 is 0 Å². The van der Waals surface area contributed by atoms with Gasteiger partial charge in [0.1, 0.15) is 6.33 Å². The summed E-state index contributed by atoms with van der Waals surface area (Å²) in [4.78, 5) is 13.2. The predicted octanol–water partition coefficient (Wildman–Crippen LogP) is 3.12. The number of piperazine rings is 1. The number of aryl methyl sites for hydroxylation is 1. The van der Waals surface area contributed by atoms with Gasteiger partial charge in [-0.1, -0.05) is 11.6 Å². The maximum absolute atomic E-state index is 6.00. The fourth-order valence-corrected chi connectivity index (χ4v) is 3.35. The highest BCUT2D eigenvalue weighted by Gasteiger charge is 2.15. The van der Waals surface area contributed by atoms with Crippen molar-refractivity contribution >= 4 is 28.9 Å². The maximum Gasteiger partial charge on any atom is 0.246 e. The lowest BCUT2D eigenvalue weighted by atomic mass is 10.1. The molecule has 2 aromatic heterocycles. The van der Waals surface area contributed by atoms with Crippen LogP contribution in [0, 0.1) is 6.92 Å². The van der Waals surface area contributed by atoms with Gasteiger partial charge in [0, 0.05) is 43.8 Å². The molecule has 1 aliphatic rings. The van der Waals surface area contributed by atoms with Gasteiger partial charge in [0.15, 0.2) is 0 Å². The van der Waals surface area contributed by atoms with Gasteiger partial charge in [-0.2, -0.15) is 4.98 Å². The third kappa shape index (κ3) is 4.20. The van der Waals surface area contributed by atoms with E-state index in [9.17, 15) is 0 Å². The Morgan fingerprint density at radius 1 is 1.00 bits per heavy atom. The lowest BCUT2D eigenvalue weighted by Crippen LogP contribution is -2.44. The summed E-state index contributed by atoms with van der Waals surface area (Å²) in [5.41, 5.74) is 4.17. The van der Waals surface area contributed by atoms with Crippen LogP contribution < -0.4 is 10.2 Å². The fourth-order valence-electron chi connectivity index (χ4n) is 3.18. The molecule has 0 radical (unpaired) electrons. The average molecular weight is 384 g/mol. The zero-order valence-corrected chi connectivity index (χ0v) is 16.2. The van der Waals surface area contributed by atoms with Crippen LogP contribution >= 0.6 is 11.6 Å². The van der Waals surface area contributed by atoms with Crippen molar-refractivity contribution in [2.45, 2.75) is 6.92 Å². The highest BCUT2D eigenvalue weighted by Crippen LogP contribution is 2.25. The predicted molar refractivity (Wildman–Crippen MR) is 108 cm³/mol. The molecule has 3 heterocycles. The van der Waals surface area contributed by atoms with E-state index in [1.54, 1.807) is 29.5 Å². The number of halogens is 1. The van der Waals surface area contributed by atoms with Gasteiger partial charge in [-0.15, -0.1) is 5.10 Å². The summed E-state index contributed by atoms with van der Waals surface area (Å²) >= 11 is 6.00. The van der Waals surface area contributed by atoms with Gasteiger partial charge in [-0.25, -0.2) is 4.68 Å². The molecule has 0 saturated carbocycles. The number of anilines is 3. The van der Waals surface area contributed by atoms with Gasteiger partial charge < -0.3 is 15.1 Å². The molecule has 1 N–H and O–H groups in total. The topological polar surface area (TPSA) is 62.1 Å². The molecular formula is C19H22ClN7. The van der Waals surface area contributed by atoms with Crippen LogP contribution in [-0.2, 0) is 0 Å². The van der Waals surface area contributed by atoms with E-state index < -0.39 is 0 Å². The Morgan fingerprint density at radius 3 is 2.59 bits per heavy atom. The molecule has 1 saturated heterocycles. The van der Waals surface area contributed by atoms with Gasteiger partial charge in [-0.3, -0.25) is 4.98 Å². The Kier molecular flexibility index (Phi) is 4.96. The van der Waals surface area contributed by atoms with Crippen LogP contribution in [0.5, 0.6) is 0 Å². The molecule has 0 amide bonds. The second-order valence-corrected chi connectivity index (χ2v) is 7.28. The number of likely N-dealkylation sites (N-methyl/N-ethyl adjacent to an activating group) is 1.